The molecule has 0 atom stereocenters. The van der Waals surface area contributed by atoms with Gasteiger partial charge in [0.15, 0.2) is 0 Å². The molecule has 0 bridgehead atoms. The lowest BCUT2D eigenvalue weighted by Gasteiger charge is -2.22. The van der Waals surface area contributed by atoms with Crippen molar-refractivity contribution in [3.05, 3.63) is 62.4 Å². The highest BCUT2D eigenvalue weighted by atomic mass is 79.9. The number of fused-ring (bicyclic) bond motifs is 1. The SMILES string of the molecule is CCCN(CCC)Cc1c(O)ccc2c(=O)c(-c3ccc(Br)cc3)c(C(F)(F)F)oc12. The van der Waals surface area contributed by atoms with Crippen molar-refractivity contribution in [3.63, 3.8) is 0 Å². The summed E-state index contributed by atoms with van der Waals surface area (Å²) >= 11 is 3.24. The minimum absolute atomic E-state index is 0.00617. The van der Waals surface area contributed by atoms with Crippen LogP contribution in [0.1, 0.15) is 38.0 Å². The zero-order chi connectivity index (χ0) is 22.8. The molecule has 0 aliphatic carbocycles. The van der Waals surface area contributed by atoms with Crippen LogP contribution in [0.5, 0.6) is 5.75 Å². The molecule has 0 aliphatic heterocycles. The van der Waals surface area contributed by atoms with Crippen molar-refractivity contribution in [2.75, 3.05) is 13.1 Å². The Morgan fingerprint density at radius 1 is 1.03 bits per heavy atom. The molecule has 0 saturated carbocycles. The highest BCUT2D eigenvalue weighted by Gasteiger charge is 2.39. The molecule has 0 radical (unpaired) electrons. The van der Waals surface area contributed by atoms with Gasteiger partial charge in [-0.1, -0.05) is 41.9 Å². The van der Waals surface area contributed by atoms with Crippen LogP contribution in [0.15, 0.2) is 50.1 Å². The van der Waals surface area contributed by atoms with E-state index in [0.29, 0.717) is 17.6 Å². The molecule has 166 valence electrons. The summed E-state index contributed by atoms with van der Waals surface area (Å²) < 4.78 is 47.9. The lowest BCUT2D eigenvalue weighted by Crippen LogP contribution is -2.25. The number of aromatic hydroxyl groups is 1. The number of rotatable bonds is 7. The van der Waals surface area contributed by atoms with E-state index in [1.165, 1.54) is 24.3 Å². The number of hydrogen-bond donors (Lipinski definition) is 1. The summed E-state index contributed by atoms with van der Waals surface area (Å²) in [5.74, 6) is -1.56. The summed E-state index contributed by atoms with van der Waals surface area (Å²) in [6.45, 7) is 5.59. The maximum absolute atomic E-state index is 13.9. The first kappa shape index (κ1) is 23.3. The van der Waals surface area contributed by atoms with E-state index < -0.39 is 22.9 Å². The molecule has 0 saturated heterocycles. The highest BCUT2D eigenvalue weighted by molar-refractivity contribution is 9.10. The summed E-state index contributed by atoms with van der Waals surface area (Å²) in [6.07, 6.45) is -3.20. The van der Waals surface area contributed by atoms with E-state index in [9.17, 15) is 23.1 Å². The number of benzene rings is 2. The van der Waals surface area contributed by atoms with Crippen molar-refractivity contribution in [1.82, 2.24) is 4.90 Å². The van der Waals surface area contributed by atoms with E-state index >= 15 is 0 Å². The first-order valence-electron chi connectivity index (χ1n) is 10.0. The Labute approximate surface area is 186 Å². The zero-order valence-electron chi connectivity index (χ0n) is 17.2. The van der Waals surface area contributed by atoms with Crippen LogP contribution in [0.25, 0.3) is 22.1 Å². The highest BCUT2D eigenvalue weighted by Crippen LogP contribution is 2.39. The molecule has 8 heteroatoms. The third-order valence-corrected chi connectivity index (χ3v) is 5.52. The molecule has 1 N–H and O–H groups in total. The fourth-order valence-corrected chi connectivity index (χ4v) is 3.93. The Morgan fingerprint density at radius 2 is 1.65 bits per heavy atom. The Hall–Kier alpha value is -2.32. The van der Waals surface area contributed by atoms with Gasteiger partial charge in [-0.05, 0) is 55.8 Å². The normalized spacial score (nSPS) is 12.1. The molecule has 0 aliphatic rings. The van der Waals surface area contributed by atoms with Gasteiger partial charge in [-0.15, -0.1) is 0 Å². The van der Waals surface area contributed by atoms with E-state index in [-0.39, 0.29) is 34.4 Å². The lowest BCUT2D eigenvalue weighted by atomic mass is 10.00. The fourth-order valence-electron chi connectivity index (χ4n) is 3.66. The van der Waals surface area contributed by atoms with Crippen molar-refractivity contribution >= 4 is 26.9 Å². The van der Waals surface area contributed by atoms with Gasteiger partial charge >= 0.3 is 6.18 Å². The predicted octanol–water partition coefficient (Wildman–Crippen LogP) is 6.57. The third-order valence-electron chi connectivity index (χ3n) is 4.99. The zero-order valence-corrected chi connectivity index (χ0v) is 18.8. The van der Waals surface area contributed by atoms with Crippen LogP contribution in [0.3, 0.4) is 0 Å². The molecule has 0 spiro atoms. The predicted molar refractivity (Wildman–Crippen MR) is 118 cm³/mol. The summed E-state index contributed by atoms with van der Waals surface area (Å²) in [5, 5.41) is 10.4. The number of halogens is 4. The second-order valence-corrected chi connectivity index (χ2v) is 8.27. The number of hydrogen-bond acceptors (Lipinski definition) is 4. The van der Waals surface area contributed by atoms with Crippen LogP contribution in [-0.2, 0) is 12.7 Å². The van der Waals surface area contributed by atoms with E-state index in [2.05, 4.69) is 15.9 Å². The van der Waals surface area contributed by atoms with Gasteiger partial charge in [0.1, 0.15) is 11.3 Å². The molecule has 4 nitrogen and oxygen atoms in total. The Bertz CT molecular complexity index is 1120. The van der Waals surface area contributed by atoms with Crippen molar-refractivity contribution in [2.45, 2.75) is 39.4 Å². The molecular weight excluding hydrogens is 475 g/mol. The second-order valence-electron chi connectivity index (χ2n) is 7.36. The van der Waals surface area contributed by atoms with Crippen LogP contribution in [-0.4, -0.2) is 23.1 Å². The first-order valence-corrected chi connectivity index (χ1v) is 10.8. The molecule has 0 fully saturated rings. The maximum Gasteiger partial charge on any atom is 0.450 e. The smallest absolute Gasteiger partial charge is 0.450 e. The van der Waals surface area contributed by atoms with Gasteiger partial charge in [0.2, 0.25) is 11.2 Å². The van der Waals surface area contributed by atoms with Crippen LogP contribution in [0, 0.1) is 0 Å². The van der Waals surface area contributed by atoms with E-state index in [1.807, 2.05) is 18.7 Å². The molecule has 1 aromatic heterocycles. The average molecular weight is 498 g/mol. The molecule has 31 heavy (non-hydrogen) atoms. The molecular formula is C23H23BrF3NO3. The van der Waals surface area contributed by atoms with Gasteiger partial charge < -0.3 is 9.52 Å². The van der Waals surface area contributed by atoms with Gasteiger partial charge in [0.25, 0.3) is 0 Å². The van der Waals surface area contributed by atoms with Crippen LogP contribution >= 0.6 is 15.9 Å². The van der Waals surface area contributed by atoms with Crippen molar-refractivity contribution in [2.24, 2.45) is 0 Å². The molecule has 2 aromatic carbocycles. The van der Waals surface area contributed by atoms with Gasteiger partial charge in [0, 0.05) is 11.0 Å². The number of alkyl halides is 3. The van der Waals surface area contributed by atoms with Gasteiger partial charge in [-0.2, -0.15) is 13.2 Å². The van der Waals surface area contributed by atoms with Crippen LogP contribution < -0.4 is 5.43 Å². The van der Waals surface area contributed by atoms with Gasteiger partial charge in [-0.25, -0.2) is 0 Å². The van der Waals surface area contributed by atoms with Gasteiger partial charge in [0.05, 0.1) is 16.5 Å². The number of phenols is 1. The molecule has 0 amide bonds. The Morgan fingerprint density at radius 3 is 2.19 bits per heavy atom. The van der Waals surface area contributed by atoms with Crippen LogP contribution in [0.4, 0.5) is 13.2 Å². The average Bonchev–Trinajstić information content (AvgIpc) is 2.70. The van der Waals surface area contributed by atoms with Crippen molar-refractivity contribution < 1.29 is 22.7 Å². The summed E-state index contributed by atoms with van der Waals surface area (Å²) in [6, 6.07) is 8.64. The van der Waals surface area contributed by atoms with Crippen LogP contribution in [0.2, 0.25) is 0 Å². The van der Waals surface area contributed by atoms with Gasteiger partial charge in [-0.3, -0.25) is 9.69 Å². The second kappa shape index (κ2) is 9.44. The minimum Gasteiger partial charge on any atom is -0.507 e. The van der Waals surface area contributed by atoms with E-state index in [0.717, 1.165) is 12.8 Å². The summed E-state index contributed by atoms with van der Waals surface area (Å²) in [5.41, 5.74) is -1.25. The topological polar surface area (TPSA) is 53.7 Å². The maximum atomic E-state index is 13.9. The first-order chi connectivity index (χ1) is 14.7. The Balaban J connectivity index is 2.30. The van der Waals surface area contributed by atoms with E-state index in [4.69, 9.17) is 4.42 Å². The molecule has 1 heterocycles. The molecule has 3 aromatic rings. The molecule has 0 unspecified atom stereocenters. The summed E-state index contributed by atoms with van der Waals surface area (Å²) in [7, 11) is 0. The molecule has 3 rings (SSSR count). The number of phenolic OH excluding ortho intramolecular Hbond substituents is 1. The summed E-state index contributed by atoms with van der Waals surface area (Å²) in [4.78, 5) is 15.2. The minimum atomic E-state index is -4.88. The monoisotopic (exact) mass is 497 g/mol. The quantitative estimate of drug-likeness (QED) is 0.401. The van der Waals surface area contributed by atoms with Crippen molar-refractivity contribution in [3.8, 4) is 16.9 Å². The lowest BCUT2D eigenvalue weighted by molar-refractivity contribution is -0.152. The largest absolute Gasteiger partial charge is 0.507 e. The fraction of sp³-hybridized carbons (Fsp3) is 0.348. The third kappa shape index (κ3) is 4.96. The number of nitrogens with zero attached hydrogens (tertiary/aromatic N) is 1. The van der Waals surface area contributed by atoms with E-state index in [1.54, 1.807) is 12.1 Å². The Kier molecular flexibility index (Phi) is 7.11. The van der Waals surface area contributed by atoms with Crippen molar-refractivity contribution in [1.29, 1.82) is 0 Å². The standard InChI is InChI=1S/C23H23BrF3NO3/c1-3-11-28(12-4-2)13-17-18(29)10-9-16-20(30)19(14-5-7-15(24)8-6-14)22(23(25,26)27)31-21(16)17/h5-10,29H,3-4,11-13H2,1-2H3.